The van der Waals surface area contributed by atoms with Crippen LogP contribution in [-0.2, 0) is 11.3 Å². The van der Waals surface area contributed by atoms with Gasteiger partial charge in [0.05, 0.1) is 6.26 Å². The molecule has 0 saturated carbocycles. The average Bonchev–Trinajstić information content (AvgIpc) is 3.02. The molecule has 0 amide bonds. The Bertz CT molecular complexity index is 724. The zero-order valence-corrected chi connectivity index (χ0v) is 11.2. The van der Waals surface area contributed by atoms with Crippen molar-refractivity contribution in [1.29, 1.82) is 0 Å². The lowest BCUT2D eigenvalue weighted by molar-refractivity contribution is 0.0437. The number of furan rings is 1. The molecule has 2 aromatic heterocycles. The molecule has 3 nitrogen and oxygen atoms in total. The van der Waals surface area contributed by atoms with E-state index in [0.29, 0.717) is 0 Å². The molecule has 3 aromatic rings. The minimum Gasteiger partial charge on any atom is -0.457 e. The van der Waals surface area contributed by atoms with Crippen LogP contribution in [0.25, 0.3) is 10.1 Å². The summed E-state index contributed by atoms with van der Waals surface area (Å²) in [5, 5.41) is 3.16. The lowest BCUT2D eigenvalue weighted by Crippen LogP contribution is -2.05. The van der Waals surface area contributed by atoms with Crippen LogP contribution in [0.4, 0.5) is 0 Å². The number of hydrogen-bond donors (Lipinski definition) is 0. The first-order chi connectivity index (χ1) is 9.25. The van der Waals surface area contributed by atoms with E-state index < -0.39 is 5.97 Å². The smallest absolute Gasteiger partial charge is 0.374 e. The second-order valence-corrected chi connectivity index (χ2v) is 5.18. The summed E-state index contributed by atoms with van der Waals surface area (Å²) in [6.07, 6.45) is 1.49. The van der Waals surface area contributed by atoms with Gasteiger partial charge in [-0.05, 0) is 29.8 Å². The van der Waals surface area contributed by atoms with Gasteiger partial charge >= 0.3 is 5.97 Å². The number of rotatable bonds is 3. The van der Waals surface area contributed by atoms with Crippen molar-refractivity contribution >= 4 is 27.4 Å². The summed E-state index contributed by atoms with van der Waals surface area (Å²) in [6.45, 7) is 2.09. The van der Waals surface area contributed by atoms with E-state index in [1.54, 1.807) is 17.4 Å². The van der Waals surface area contributed by atoms with Gasteiger partial charge in [-0.15, -0.1) is 11.3 Å². The van der Waals surface area contributed by atoms with Crippen LogP contribution in [0.1, 0.15) is 21.7 Å². The molecule has 0 radical (unpaired) electrons. The fourth-order valence-electron chi connectivity index (χ4n) is 1.94. The standard InChI is InChI=1S/C15H12O3S/c1-10-6-7-17-14(10)15(16)18-8-11-9-19-13-5-3-2-4-12(11)13/h2-7,9H,8H2,1H3. The normalized spacial score (nSPS) is 10.8. The Balaban J connectivity index is 1.76. The van der Waals surface area contributed by atoms with Crippen LogP contribution in [0.5, 0.6) is 0 Å². The van der Waals surface area contributed by atoms with Crippen LogP contribution >= 0.6 is 11.3 Å². The Morgan fingerprint density at radius 1 is 1.32 bits per heavy atom. The highest BCUT2D eigenvalue weighted by Crippen LogP contribution is 2.26. The summed E-state index contributed by atoms with van der Waals surface area (Å²) in [5.74, 6) is -0.141. The number of fused-ring (bicyclic) bond motifs is 1. The van der Waals surface area contributed by atoms with Crippen molar-refractivity contribution in [3.05, 3.63) is 58.9 Å². The van der Waals surface area contributed by atoms with E-state index in [9.17, 15) is 4.79 Å². The van der Waals surface area contributed by atoms with Crippen molar-refractivity contribution in [1.82, 2.24) is 0 Å². The van der Waals surface area contributed by atoms with Gasteiger partial charge in [0.15, 0.2) is 0 Å². The van der Waals surface area contributed by atoms with Crippen molar-refractivity contribution in [2.45, 2.75) is 13.5 Å². The van der Waals surface area contributed by atoms with Gasteiger partial charge in [-0.2, -0.15) is 0 Å². The predicted molar refractivity (Wildman–Crippen MR) is 74.4 cm³/mol. The fraction of sp³-hybridized carbons (Fsp3) is 0.133. The van der Waals surface area contributed by atoms with Crippen molar-refractivity contribution in [3.8, 4) is 0 Å². The van der Waals surface area contributed by atoms with Gasteiger partial charge in [-0.25, -0.2) is 4.79 Å². The van der Waals surface area contributed by atoms with Crippen molar-refractivity contribution < 1.29 is 13.9 Å². The van der Waals surface area contributed by atoms with E-state index in [-0.39, 0.29) is 12.4 Å². The van der Waals surface area contributed by atoms with Gasteiger partial charge in [-0.3, -0.25) is 0 Å². The maximum absolute atomic E-state index is 11.8. The van der Waals surface area contributed by atoms with Crippen LogP contribution < -0.4 is 0 Å². The van der Waals surface area contributed by atoms with Gasteiger partial charge in [-0.1, -0.05) is 18.2 Å². The fourth-order valence-corrected chi connectivity index (χ4v) is 2.88. The molecule has 96 valence electrons. The number of aryl methyl sites for hydroxylation is 1. The first kappa shape index (κ1) is 12.0. The summed E-state index contributed by atoms with van der Waals surface area (Å²) in [4.78, 5) is 11.8. The summed E-state index contributed by atoms with van der Waals surface area (Å²) in [6, 6.07) is 9.82. The molecule has 4 heteroatoms. The highest BCUT2D eigenvalue weighted by atomic mass is 32.1. The van der Waals surface area contributed by atoms with Crippen LogP contribution in [0.15, 0.2) is 46.4 Å². The SMILES string of the molecule is Cc1ccoc1C(=O)OCc1csc2ccccc12. The van der Waals surface area contributed by atoms with E-state index >= 15 is 0 Å². The lowest BCUT2D eigenvalue weighted by atomic mass is 10.2. The molecule has 3 rings (SSSR count). The van der Waals surface area contributed by atoms with E-state index in [2.05, 4.69) is 6.07 Å². The first-order valence-electron chi connectivity index (χ1n) is 5.92. The predicted octanol–water partition coefficient (Wildman–Crippen LogP) is 4.16. The van der Waals surface area contributed by atoms with E-state index in [4.69, 9.17) is 9.15 Å². The van der Waals surface area contributed by atoms with Crippen molar-refractivity contribution in [3.63, 3.8) is 0 Å². The van der Waals surface area contributed by atoms with Gasteiger partial charge in [0.1, 0.15) is 6.61 Å². The van der Waals surface area contributed by atoms with Crippen molar-refractivity contribution in [2.75, 3.05) is 0 Å². The third kappa shape index (κ3) is 2.27. The number of ether oxygens (including phenoxy) is 1. The second-order valence-electron chi connectivity index (χ2n) is 4.27. The van der Waals surface area contributed by atoms with Crippen molar-refractivity contribution in [2.24, 2.45) is 0 Å². The number of esters is 1. The maximum Gasteiger partial charge on any atom is 0.374 e. The number of hydrogen-bond acceptors (Lipinski definition) is 4. The summed E-state index contributed by atoms with van der Waals surface area (Å²) in [5.41, 5.74) is 1.82. The molecular weight excluding hydrogens is 260 g/mol. The molecule has 0 N–H and O–H groups in total. The lowest BCUT2D eigenvalue weighted by Gasteiger charge is -2.02. The largest absolute Gasteiger partial charge is 0.457 e. The summed E-state index contributed by atoms with van der Waals surface area (Å²) < 4.78 is 11.6. The molecule has 0 aliphatic heterocycles. The summed E-state index contributed by atoms with van der Waals surface area (Å²) in [7, 11) is 0. The molecule has 0 aliphatic rings. The van der Waals surface area contributed by atoms with Gasteiger partial charge in [0.2, 0.25) is 5.76 Å². The second kappa shape index (κ2) is 4.90. The highest BCUT2D eigenvalue weighted by Gasteiger charge is 2.15. The Morgan fingerprint density at radius 3 is 2.95 bits per heavy atom. The number of thiophene rings is 1. The molecule has 1 aromatic carbocycles. The van der Waals surface area contributed by atoms with E-state index in [1.165, 1.54) is 11.0 Å². The van der Waals surface area contributed by atoms with E-state index in [0.717, 1.165) is 16.5 Å². The van der Waals surface area contributed by atoms with Crippen LogP contribution in [-0.4, -0.2) is 5.97 Å². The average molecular weight is 272 g/mol. The Hall–Kier alpha value is -2.07. The van der Waals surface area contributed by atoms with Crippen LogP contribution in [0.2, 0.25) is 0 Å². The number of carbonyl (C=O) groups excluding carboxylic acids is 1. The van der Waals surface area contributed by atoms with E-state index in [1.807, 2.05) is 30.5 Å². The molecule has 0 fully saturated rings. The van der Waals surface area contributed by atoms with Crippen LogP contribution in [0.3, 0.4) is 0 Å². The van der Waals surface area contributed by atoms with Crippen LogP contribution in [0, 0.1) is 6.92 Å². The number of carbonyl (C=O) groups is 1. The molecule has 0 bridgehead atoms. The topological polar surface area (TPSA) is 39.4 Å². The molecule has 0 spiro atoms. The minimum atomic E-state index is -0.419. The molecule has 2 heterocycles. The summed E-state index contributed by atoms with van der Waals surface area (Å²) >= 11 is 1.65. The van der Waals surface area contributed by atoms with Gasteiger partial charge in [0, 0.05) is 15.8 Å². The molecule has 0 unspecified atom stereocenters. The zero-order chi connectivity index (χ0) is 13.2. The molecule has 19 heavy (non-hydrogen) atoms. The third-order valence-electron chi connectivity index (χ3n) is 2.97. The highest BCUT2D eigenvalue weighted by molar-refractivity contribution is 7.17. The Kier molecular flexibility index (Phi) is 3.09. The minimum absolute atomic E-state index is 0.267. The Labute approximate surface area is 114 Å². The molecule has 0 saturated heterocycles. The van der Waals surface area contributed by atoms with Gasteiger partial charge in [0.25, 0.3) is 0 Å². The monoisotopic (exact) mass is 272 g/mol. The maximum atomic E-state index is 11.8. The quantitative estimate of drug-likeness (QED) is 0.672. The molecule has 0 aliphatic carbocycles. The Morgan fingerprint density at radius 2 is 2.16 bits per heavy atom. The molecular formula is C15H12O3S. The molecule has 0 atom stereocenters. The third-order valence-corrected chi connectivity index (χ3v) is 3.98. The number of benzene rings is 1. The zero-order valence-electron chi connectivity index (χ0n) is 10.4. The van der Waals surface area contributed by atoms with Gasteiger partial charge < -0.3 is 9.15 Å². The first-order valence-corrected chi connectivity index (χ1v) is 6.80.